The molecule has 2 aromatic carbocycles. The van der Waals surface area contributed by atoms with Gasteiger partial charge in [-0.3, -0.25) is 9.78 Å². The molecule has 0 unspecified atom stereocenters. The zero-order valence-corrected chi connectivity index (χ0v) is 14.4. The highest BCUT2D eigenvalue weighted by molar-refractivity contribution is 5.95. The predicted octanol–water partition coefficient (Wildman–Crippen LogP) is 3.49. The number of aromatic nitrogens is 1. The van der Waals surface area contributed by atoms with Crippen LogP contribution in [0.3, 0.4) is 0 Å². The summed E-state index contributed by atoms with van der Waals surface area (Å²) in [5.41, 5.74) is 2.07. The lowest BCUT2D eigenvalue weighted by Crippen LogP contribution is -2.27. The number of anilines is 1. The molecule has 1 amide bonds. The second kappa shape index (κ2) is 8.59. The van der Waals surface area contributed by atoms with Crippen LogP contribution in [0.25, 0.3) is 17.0 Å². The summed E-state index contributed by atoms with van der Waals surface area (Å²) in [5, 5.41) is 15.7. The third-order valence-electron chi connectivity index (χ3n) is 3.94. The van der Waals surface area contributed by atoms with Crippen LogP contribution in [-0.4, -0.2) is 24.0 Å². The summed E-state index contributed by atoms with van der Waals surface area (Å²) in [6.45, 7) is 0.700. The van der Waals surface area contributed by atoms with E-state index in [9.17, 15) is 9.18 Å². The second-order valence-corrected chi connectivity index (χ2v) is 5.75. The van der Waals surface area contributed by atoms with E-state index in [1.54, 1.807) is 18.3 Å². The zero-order valence-electron chi connectivity index (χ0n) is 14.4. The van der Waals surface area contributed by atoms with Gasteiger partial charge >= 0.3 is 0 Å². The molecule has 3 rings (SSSR count). The van der Waals surface area contributed by atoms with E-state index < -0.39 is 5.82 Å². The number of fused-ring (bicyclic) bond motifs is 1. The number of hydrogen-bond donors (Lipinski definition) is 2. The Morgan fingerprint density at radius 2 is 1.96 bits per heavy atom. The minimum atomic E-state index is -0.571. The van der Waals surface area contributed by atoms with E-state index in [1.807, 2.05) is 36.4 Å². The molecule has 134 valence electrons. The Bertz CT molecular complexity index is 1030. The number of para-hydroxylation sites is 1. The number of hydrogen-bond acceptors (Lipinski definition) is 4. The van der Waals surface area contributed by atoms with E-state index in [0.29, 0.717) is 18.8 Å². The molecular formula is C21H17FN4O. The Balaban J connectivity index is 1.54. The highest BCUT2D eigenvalue weighted by atomic mass is 19.1. The van der Waals surface area contributed by atoms with E-state index in [2.05, 4.69) is 15.6 Å². The minimum Gasteiger partial charge on any atom is -0.382 e. The smallest absolute Gasteiger partial charge is 0.244 e. The van der Waals surface area contributed by atoms with Crippen LogP contribution in [0, 0.1) is 17.1 Å². The van der Waals surface area contributed by atoms with E-state index in [0.717, 1.165) is 16.5 Å². The van der Waals surface area contributed by atoms with Crippen LogP contribution in [0.15, 0.2) is 60.8 Å². The van der Waals surface area contributed by atoms with Crippen LogP contribution >= 0.6 is 0 Å². The van der Waals surface area contributed by atoms with Gasteiger partial charge in [-0.2, -0.15) is 5.26 Å². The molecule has 0 aliphatic rings. The molecule has 0 bridgehead atoms. The number of pyridine rings is 1. The molecule has 0 radical (unpaired) electrons. The van der Waals surface area contributed by atoms with Gasteiger partial charge in [-0.05, 0) is 24.3 Å². The summed E-state index contributed by atoms with van der Waals surface area (Å²) in [5.74, 6) is -0.817. The molecule has 0 saturated carbocycles. The fourth-order valence-corrected chi connectivity index (χ4v) is 2.65. The Hall–Kier alpha value is -3.72. The molecule has 0 fully saturated rings. The Morgan fingerprint density at radius 3 is 2.81 bits per heavy atom. The highest BCUT2D eigenvalue weighted by Crippen LogP contribution is 2.18. The molecule has 5 nitrogen and oxygen atoms in total. The van der Waals surface area contributed by atoms with Gasteiger partial charge in [-0.15, -0.1) is 0 Å². The number of nitrogens with zero attached hydrogens (tertiary/aromatic N) is 2. The molecule has 1 heterocycles. The molecule has 3 aromatic rings. The van der Waals surface area contributed by atoms with Crippen molar-refractivity contribution in [2.45, 2.75) is 0 Å². The van der Waals surface area contributed by atoms with E-state index in [1.165, 1.54) is 18.2 Å². The summed E-state index contributed by atoms with van der Waals surface area (Å²) in [7, 11) is 0. The zero-order chi connectivity index (χ0) is 19.1. The van der Waals surface area contributed by atoms with Gasteiger partial charge in [0, 0.05) is 36.3 Å². The lowest BCUT2D eigenvalue weighted by atomic mass is 10.1. The summed E-state index contributed by atoms with van der Waals surface area (Å²) in [6, 6.07) is 15.8. The molecule has 27 heavy (non-hydrogen) atoms. The average Bonchev–Trinajstić information content (AvgIpc) is 2.69. The number of carbonyl (C=O) groups excluding carboxylic acids is 1. The lowest BCUT2D eigenvalue weighted by Gasteiger charge is -2.08. The summed E-state index contributed by atoms with van der Waals surface area (Å²) in [4.78, 5) is 16.3. The maximum atomic E-state index is 13.5. The maximum Gasteiger partial charge on any atom is 0.244 e. The average molecular weight is 360 g/mol. The van der Waals surface area contributed by atoms with Gasteiger partial charge in [0.1, 0.15) is 17.4 Å². The minimum absolute atomic E-state index is 0.0350. The molecule has 1 aromatic heterocycles. The van der Waals surface area contributed by atoms with Crippen molar-refractivity contribution in [1.29, 1.82) is 5.26 Å². The third-order valence-corrected chi connectivity index (χ3v) is 3.94. The SMILES string of the molecule is N#Cc1c(F)cccc1NCCNC(=O)/C=C/c1cccc2cccnc12. The standard InChI is InChI=1S/C21H17FN4O/c22-18-7-2-8-19(17(18)14-23)24-12-13-25-20(27)10-9-16-5-1-4-15-6-3-11-26-21(15)16/h1-11,24H,12-13H2,(H,25,27)/b10-9+. The first-order valence-corrected chi connectivity index (χ1v) is 8.41. The van der Waals surface area contributed by atoms with Crippen molar-refractivity contribution in [1.82, 2.24) is 10.3 Å². The van der Waals surface area contributed by atoms with Crippen LogP contribution in [0.2, 0.25) is 0 Å². The number of amides is 1. The fourth-order valence-electron chi connectivity index (χ4n) is 2.65. The Kier molecular flexibility index (Phi) is 5.75. The number of halogens is 1. The van der Waals surface area contributed by atoms with Crippen LogP contribution in [0.4, 0.5) is 10.1 Å². The van der Waals surface area contributed by atoms with Gasteiger partial charge in [-0.25, -0.2) is 4.39 Å². The van der Waals surface area contributed by atoms with Crippen molar-refractivity contribution >= 4 is 28.6 Å². The predicted molar refractivity (Wildman–Crippen MR) is 103 cm³/mol. The van der Waals surface area contributed by atoms with Crippen LogP contribution in [-0.2, 0) is 4.79 Å². The normalized spacial score (nSPS) is 10.7. The Labute approximate surface area is 156 Å². The number of rotatable bonds is 6. The first-order chi connectivity index (χ1) is 13.2. The molecular weight excluding hydrogens is 343 g/mol. The van der Waals surface area contributed by atoms with E-state index in [4.69, 9.17) is 5.26 Å². The van der Waals surface area contributed by atoms with Crippen molar-refractivity contribution in [2.75, 3.05) is 18.4 Å². The van der Waals surface area contributed by atoms with Crippen LogP contribution < -0.4 is 10.6 Å². The first-order valence-electron chi connectivity index (χ1n) is 8.41. The van der Waals surface area contributed by atoms with Gasteiger partial charge in [0.15, 0.2) is 0 Å². The molecule has 2 N–H and O–H groups in total. The van der Waals surface area contributed by atoms with Crippen LogP contribution in [0.1, 0.15) is 11.1 Å². The van der Waals surface area contributed by atoms with Gasteiger partial charge in [-0.1, -0.05) is 30.3 Å². The van der Waals surface area contributed by atoms with Crippen molar-refractivity contribution in [3.05, 3.63) is 77.7 Å². The molecule has 6 heteroatoms. The maximum absolute atomic E-state index is 13.5. The van der Waals surface area contributed by atoms with Crippen molar-refractivity contribution in [2.24, 2.45) is 0 Å². The van der Waals surface area contributed by atoms with Crippen molar-refractivity contribution < 1.29 is 9.18 Å². The number of nitriles is 1. The number of nitrogens with one attached hydrogen (secondary N) is 2. The third kappa shape index (κ3) is 4.47. The van der Waals surface area contributed by atoms with E-state index >= 15 is 0 Å². The van der Waals surface area contributed by atoms with Gasteiger partial charge in [0.05, 0.1) is 11.2 Å². The quantitative estimate of drug-likeness (QED) is 0.521. The van der Waals surface area contributed by atoms with Crippen LogP contribution in [0.5, 0.6) is 0 Å². The first kappa shape index (κ1) is 18.1. The number of benzene rings is 2. The van der Waals surface area contributed by atoms with Crippen molar-refractivity contribution in [3.63, 3.8) is 0 Å². The monoisotopic (exact) mass is 360 g/mol. The largest absolute Gasteiger partial charge is 0.382 e. The van der Waals surface area contributed by atoms with E-state index in [-0.39, 0.29) is 11.5 Å². The topological polar surface area (TPSA) is 77.8 Å². The van der Waals surface area contributed by atoms with Gasteiger partial charge in [0.25, 0.3) is 0 Å². The van der Waals surface area contributed by atoms with Crippen molar-refractivity contribution in [3.8, 4) is 6.07 Å². The number of carbonyl (C=O) groups is 1. The summed E-state index contributed by atoms with van der Waals surface area (Å²) < 4.78 is 13.5. The summed E-state index contributed by atoms with van der Waals surface area (Å²) >= 11 is 0. The van der Waals surface area contributed by atoms with Gasteiger partial charge < -0.3 is 10.6 Å². The molecule has 0 aliphatic heterocycles. The Morgan fingerprint density at radius 1 is 1.15 bits per heavy atom. The molecule has 0 spiro atoms. The molecule has 0 atom stereocenters. The highest BCUT2D eigenvalue weighted by Gasteiger charge is 2.06. The van der Waals surface area contributed by atoms with Gasteiger partial charge in [0.2, 0.25) is 5.91 Å². The lowest BCUT2D eigenvalue weighted by molar-refractivity contribution is -0.116. The molecule has 0 saturated heterocycles. The molecule has 0 aliphatic carbocycles. The second-order valence-electron chi connectivity index (χ2n) is 5.75. The summed E-state index contributed by atoms with van der Waals surface area (Å²) in [6.07, 6.45) is 4.89. The fraction of sp³-hybridized carbons (Fsp3) is 0.0952.